The number of ether oxygens (including phenoxy) is 2. The summed E-state index contributed by atoms with van der Waals surface area (Å²) in [6, 6.07) is 4.38. The van der Waals surface area contributed by atoms with Gasteiger partial charge in [0.1, 0.15) is 5.82 Å². The molecule has 0 aromatic carbocycles. The number of nitrogens with one attached hydrogen (secondary N) is 1. The number of halogens is 2. The molecule has 140 valence electrons. The Morgan fingerprint density at radius 3 is 2.56 bits per heavy atom. The van der Waals surface area contributed by atoms with Gasteiger partial charge in [-0.05, 0) is 56.3 Å². The molecule has 1 aromatic heterocycles. The number of rotatable bonds is 6. The van der Waals surface area contributed by atoms with Crippen molar-refractivity contribution in [1.82, 2.24) is 9.88 Å². The van der Waals surface area contributed by atoms with E-state index < -0.39 is 12.7 Å². The van der Waals surface area contributed by atoms with Crippen molar-refractivity contribution in [3.63, 3.8) is 0 Å². The van der Waals surface area contributed by atoms with E-state index in [-0.39, 0.29) is 6.54 Å². The minimum Gasteiger partial charge on any atom is -0.367 e. The van der Waals surface area contributed by atoms with Crippen LogP contribution < -0.4 is 5.32 Å². The lowest BCUT2D eigenvalue weighted by Crippen LogP contribution is -2.43. The number of anilines is 1. The van der Waals surface area contributed by atoms with Gasteiger partial charge >= 0.3 is 0 Å². The summed E-state index contributed by atoms with van der Waals surface area (Å²) < 4.78 is 35.6. The van der Waals surface area contributed by atoms with Crippen LogP contribution in [-0.4, -0.2) is 56.2 Å². The van der Waals surface area contributed by atoms with Crippen LogP contribution in [0.2, 0.25) is 0 Å². The number of piperidine rings is 1. The van der Waals surface area contributed by atoms with Gasteiger partial charge in [0.2, 0.25) is 6.29 Å². The van der Waals surface area contributed by atoms with E-state index in [1.54, 1.807) is 14.2 Å². The maximum Gasteiger partial charge on any atom is 0.251 e. The molecule has 1 fully saturated rings. The topological polar surface area (TPSA) is 46.6 Å². The summed E-state index contributed by atoms with van der Waals surface area (Å²) in [5, 5.41) is 3.58. The van der Waals surface area contributed by atoms with Crippen molar-refractivity contribution in [3.8, 4) is 0 Å². The molecule has 0 spiro atoms. The molecule has 5 nitrogen and oxygen atoms in total. The minimum absolute atomic E-state index is 0.103. The Hall–Kier alpha value is -1.31. The zero-order chi connectivity index (χ0) is 17.8. The second kappa shape index (κ2) is 8.38. The first kappa shape index (κ1) is 18.5. The van der Waals surface area contributed by atoms with E-state index in [4.69, 9.17) is 9.47 Å². The monoisotopic (exact) mass is 355 g/mol. The summed E-state index contributed by atoms with van der Waals surface area (Å²) in [5.74, 6) is 1.41. The number of hydrogen-bond donors (Lipinski definition) is 1. The molecule has 1 N–H and O–H groups in total. The predicted octanol–water partition coefficient (Wildman–Crippen LogP) is 3.08. The molecule has 0 aliphatic carbocycles. The highest BCUT2D eigenvalue weighted by Crippen LogP contribution is 2.32. The molecular formula is C18H27F2N3O2. The van der Waals surface area contributed by atoms with Crippen LogP contribution in [0.3, 0.4) is 0 Å². The van der Waals surface area contributed by atoms with Gasteiger partial charge in [-0.2, -0.15) is 0 Å². The SMILES string of the molecule is COC(OC)c1ccc2c(n1)NC(C1CCN(CC(F)F)CC1)CC2. The fraction of sp³-hybridized carbons (Fsp3) is 0.722. The van der Waals surface area contributed by atoms with Crippen LogP contribution in [0.25, 0.3) is 0 Å². The second-order valence-corrected chi connectivity index (χ2v) is 6.87. The lowest BCUT2D eigenvalue weighted by Gasteiger charge is -2.38. The molecule has 1 atom stereocenters. The lowest BCUT2D eigenvalue weighted by atomic mass is 9.84. The Kier molecular flexibility index (Phi) is 6.19. The Labute approximate surface area is 147 Å². The number of alkyl halides is 2. The molecule has 1 saturated heterocycles. The third kappa shape index (κ3) is 4.46. The molecule has 0 bridgehead atoms. The molecule has 25 heavy (non-hydrogen) atoms. The fourth-order valence-corrected chi connectivity index (χ4v) is 3.94. The summed E-state index contributed by atoms with van der Waals surface area (Å²) in [7, 11) is 3.19. The van der Waals surface area contributed by atoms with Gasteiger partial charge in [0.15, 0.2) is 0 Å². The molecule has 2 aliphatic rings. The zero-order valence-corrected chi connectivity index (χ0v) is 14.9. The molecule has 0 radical (unpaired) electrons. The molecule has 0 amide bonds. The smallest absolute Gasteiger partial charge is 0.251 e. The van der Waals surface area contributed by atoms with Crippen LogP contribution in [0, 0.1) is 5.92 Å². The second-order valence-electron chi connectivity index (χ2n) is 6.87. The van der Waals surface area contributed by atoms with Crippen molar-refractivity contribution in [1.29, 1.82) is 0 Å². The zero-order valence-electron chi connectivity index (χ0n) is 14.9. The van der Waals surface area contributed by atoms with Crippen molar-refractivity contribution in [2.45, 2.75) is 44.4 Å². The number of aromatic nitrogens is 1. The van der Waals surface area contributed by atoms with Crippen molar-refractivity contribution in [2.75, 3.05) is 39.2 Å². The van der Waals surface area contributed by atoms with E-state index in [9.17, 15) is 8.78 Å². The van der Waals surface area contributed by atoms with Crippen LogP contribution >= 0.6 is 0 Å². The van der Waals surface area contributed by atoms with Gasteiger partial charge in [-0.1, -0.05) is 6.07 Å². The number of nitrogens with zero attached hydrogens (tertiary/aromatic N) is 2. The van der Waals surface area contributed by atoms with Gasteiger partial charge < -0.3 is 14.8 Å². The Balaban J connectivity index is 1.62. The normalized spacial score (nSPS) is 22.2. The first-order chi connectivity index (χ1) is 12.1. The lowest BCUT2D eigenvalue weighted by molar-refractivity contribution is -0.108. The highest BCUT2D eigenvalue weighted by atomic mass is 19.3. The number of aryl methyl sites for hydroxylation is 1. The summed E-state index contributed by atoms with van der Waals surface area (Å²) in [6.45, 7) is 1.40. The van der Waals surface area contributed by atoms with E-state index in [1.165, 1.54) is 5.56 Å². The van der Waals surface area contributed by atoms with Crippen LogP contribution in [0.5, 0.6) is 0 Å². The molecule has 3 rings (SSSR count). The van der Waals surface area contributed by atoms with Crippen molar-refractivity contribution in [2.24, 2.45) is 5.92 Å². The van der Waals surface area contributed by atoms with Crippen LogP contribution in [0.15, 0.2) is 12.1 Å². The van der Waals surface area contributed by atoms with E-state index in [1.807, 2.05) is 11.0 Å². The standard InChI is InChI=1S/C18H27F2N3O2/c1-24-18(25-2)15-6-4-13-3-5-14(21-17(13)22-15)12-7-9-23(10-8-12)11-16(19)20/h4,6,12,14,16,18H,3,5,7-11H2,1-2H3,(H,21,22). The summed E-state index contributed by atoms with van der Waals surface area (Å²) in [6.07, 6.45) is 1.25. The van der Waals surface area contributed by atoms with Crippen molar-refractivity contribution >= 4 is 5.82 Å². The Morgan fingerprint density at radius 1 is 1.20 bits per heavy atom. The average molecular weight is 355 g/mol. The summed E-state index contributed by atoms with van der Waals surface area (Å²) in [4.78, 5) is 6.56. The first-order valence-corrected chi connectivity index (χ1v) is 8.93. The molecule has 0 saturated carbocycles. The van der Waals surface area contributed by atoms with Gasteiger partial charge in [0, 0.05) is 20.3 Å². The number of methoxy groups -OCH3 is 2. The first-order valence-electron chi connectivity index (χ1n) is 8.93. The van der Waals surface area contributed by atoms with Crippen LogP contribution in [-0.2, 0) is 15.9 Å². The number of pyridine rings is 1. The van der Waals surface area contributed by atoms with E-state index in [0.717, 1.165) is 50.3 Å². The van der Waals surface area contributed by atoms with Crippen LogP contribution in [0.1, 0.15) is 36.8 Å². The van der Waals surface area contributed by atoms with E-state index in [2.05, 4.69) is 16.4 Å². The maximum absolute atomic E-state index is 12.5. The van der Waals surface area contributed by atoms with Crippen molar-refractivity contribution in [3.05, 3.63) is 23.4 Å². The van der Waals surface area contributed by atoms with Gasteiger partial charge in [-0.15, -0.1) is 0 Å². The maximum atomic E-state index is 12.5. The predicted molar refractivity (Wildman–Crippen MR) is 91.9 cm³/mol. The quantitative estimate of drug-likeness (QED) is 0.795. The Morgan fingerprint density at radius 2 is 1.92 bits per heavy atom. The molecular weight excluding hydrogens is 328 g/mol. The Bertz CT molecular complexity index is 561. The van der Waals surface area contributed by atoms with E-state index in [0.29, 0.717) is 12.0 Å². The van der Waals surface area contributed by atoms with Gasteiger partial charge in [0.05, 0.1) is 12.2 Å². The van der Waals surface area contributed by atoms with Crippen LogP contribution in [0.4, 0.5) is 14.6 Å². The molecule has 7 heteroatoms. The number of fused-ring (bicyclic) bond motifs is 1. The largest absolute Gasteiger partial charge is 0.367 e. The highest BCUT2D eigenvalue weighted by molar-refractivity contribution is 5.48. The van der Waals surface area contributed by atoms with E-state index >= 15 is 0 Å². The van der Waals surface area contributed by atoms with Gasteiger partial charge in [-0.3, -0.25) is 4.90 Å². The number of likely N-dealkylation sites (tertiary alicyclic amines) is 1. The highest BCUT2D eigenvalue weighted by Gasteiger charge is 2.30. The third-order valence-corrected chi connectivity index (χ3v) is 5.31. The molecule has 1 aromatic rings. The summed E-state index contributed by atoms with van der Waals surface area (Å²) in [5.41, 5.74) is 1.96. The van der Waals surface area contributed by atoms with Gasteiger partial charge in [-0.25, -0.2) is 13.8 Å². The van der Waals surface area contributed by atoms with Crippen molar-refractivity contribution < 1.29 is 18.3 Å². The van der Waals surface area contributed by atoms with Gasteiger partial charge in [0.25, 0.3) is 6.43 Å². The average Bonchev–Trinajstić information content (AvgIpc) is 2.62. The molecule has 2 aliphatic heterocycles. The molecule has 3 heterocycles. The summed E-state index contributed by atoms with van der Waals surface area (Å²) >= 11 is 0. The fourth-order valence-electron chi connectivity index (χ4n) is 3.94. The minimum atomic E-state index is -2.24. The number of hydrogen-bond acceptors (Lipinski definition) is 5. The third-order valence-electron chi connectivity index (χ3n) is 5.31. The molecule has 1 unspecified atom stereocenters.